The highest BCUT2D eigenvalue weighted by Crippen LogP contribution is 2.30. The highest BCUT2D eigenvalue weighted by molar-refractivity contribution is 7.89. The van der Waals surface area contributed by atoms with E-state index in [4.69, 9.17) is 0 Å². The maximum Gasteiger partial charge on any atom is 0.332 e. The van der Waals surface area contributed by atoms with Crippen LogP contribution in [0.3, 0.4) is 0 Å². The fourth-order valence-corrected chi connectivity index (χ4v) is 5.02. The lowest BCUT2D eigenvalue weighted by Gasteiger charge is -2.16. The maximum absolute atomic E-state index is 13.1. The van der Waals surface area contributed by atoms with Gasteiger partial charge >= 0.3 is 5.69 Å². The summed E-state index contributed by atoms with van der Waals surface area (Å²) in [5, 5.41) is 0. The Balaban J connectivity index is 2.33. The number of nitrogens with one attached hydrogen (secondary N) is 2. The molecule has 1 aromatic carbocycles. The molecule has 3 aromatic rings. The van der Waals surface area contributed by atoms with Crippen LogP contribution in [0.25, 0.3) is 22.6 Å². The van der Waals surface area contributed by atoms with E-state index in [1.54, 1.807) is 18.2 Å². The van der Waals surface area contributed by atoms with Gasteiger partial charge in [-0.1, -0.05) is 20.8 Å². The number of nitrogens with zero attached hydrogens (tertiary/aromatic N) is 4. The van der Waals surface area contributed by atoms with E-state index in [2.05, 4.69) is 14.7 Å². The summed E-state index contributed by atoms with van der Waals surface area (Å²) in [5.41, 5.74) is 0.595. The number of sulfonamides is 1. The molecule has 0 saturated heterocycles. The van der Waals surface area contributed by atoms with Gasteiger partial charge < -0.3 is 9.88 Å². The predicted octanol–water partition coefficient (Wildman–Crippen LogP) is 2.13. The van der Waals surface area contributed by atoms with E-state index in [0.717, 1.165) is 0 Å². The Morgan fingerprint density at radius 3 is 2.30 bits per heavy atom. The van der Waals surface area contributed by atoms with Gasteiger partial charge in [0.1, 0.15) is 11.3 Å². The molecule has 0 aliphatic heterocycles. The van der Waals surface area contributed by atoms with Crippen LogP contribution in [-0.4, -0.2) is 48.2 Å². The van der Waals surface area contributed by atoms with Gasteiger partial charge in [0.2, 0.25) is 10.0 Å². The molecule has 0 amide bonds. The third-order valence-corrected chi connectivity index (χ3v) is 6.82. The topological polar surface area (TPSA) is 122 Å². The van der Waals surface area contributed by atoms with Gasteiger partial charge in [-0.15, -0.1) is 0 Å². The van der Waals surface area contributed by atoms with Gasteiger partial charge in [0.15, 0.2) is 5.65 Å². The third kappa shape index (κ3) is 4.74. The van der Waals surface area contributed by atoms with Crippen LogP contribution in [0.1, 0.15) is 40.0 Å². The first kappa shape index (κ1) is 24.7. The van der Waals surface area contributed by atoms with Gasteiger partial charge in [0.05, 0.1) is 4.90 Å². The monoisotopic (exact) mass is 476 g/mol. The van der Waals surface area contributed by atoms with Crippen LogP contribution in [0, 0.1) is 0 Å². The average Bonchev–Trinajstić information content (AvgIpc) is 3.23. The second kappa shape index (κ2) is 9.92. The van der Waals surface area contributed by atoms with Crippen molar-refractivity contribution < 1.29 is 8.42 Å². The van der Waals surface area contributed by atoms with Crippen molar-refractivity contribution >= 4 is 26.9 Å². The minimum Gasteiger partial charge on any atom is -0.378 e. The van der Waals surface area contributed by atoms with Crippen LogP contribution >= 0.6 is 0 Å². The van der Waals surface area contributed by atoms with E-state index in [9.17, 15) is 18.0 Å². The summed E-state index contributed by atoms with van der Waals surface area (Å²) in [6.45, 7) is 6.70. The Labute approximate surface area is 193 Å². The van der Waals surface area contributed by atoms with Crippen LogP contribution in [0.15, 0.2) is 32.7 Å². The molecule has 0 radical (unpaired) electrons. The van der Waals surface area contributed by atoms with E-state index < -0.39 is 21.3 Å². The number of fused-ring (bicyclic) bond motifs is 1. The van der Waals surface area contributed by atoms with Crippen molar-refractivity contribution in [3.8, 4) is 11.4 Å². The number of imidazole rings is 1. The SMILES string of the molecule is CCCNS(=O)(=O)c1cc(N(C)C)ccc1-c1nc2c([nH]1)c(=O)n(CCC)c(=O)n2CCC. The highest BCUT2D eigenvalue weighted by Gasteiger charge is 2.24. The first-order chi connectivity index (χ1) is 15.7. The lowest BCUT2D eigenvalue weighted by Crippen LogP contribution is -2.40. The quantitative estimate of drug-likeness (QED) is 0.462. The summed E-state index contributed by atoms with van der Waals surface area (Å²) in [7, 11) is -0.188. The average molecular weight is 477 g/mol. The summed E-state index contributed by atoms with van der Waals surface area (Å²) >= 11 is 0. The van der Waals surface area contributed by atoms with Crippen molar-refractivity contribution in [2.75, 3.05) is 25.5 Å². The Kier molecular flexibility index (Phi) is 7.43. The smallest absolute Gasteiger partial charge is 0.332 e. The molecule has 0 aliphatic carbocycles. The summed E-state index contributed by atoms with van der Waals surface area (Å²) in [6, 6.07) is 5.03. The molecule has 180 valence electrons. The molecule has 0 fully saturated rings. The number of aromatic amines is 1. The van der Waals surface area contributed by atoms with E-state index >= 15 is 0 Å². The summed E-state index contributed by atoms with van der Waals surface area (Å²) in [5.74, 6) is 0.225. The van der Waals surface area contributed by atoms with Crippen LogP contribution < -0.4 is 20.9 Å². The Morgan fingerprint density at radius 1 is 1.03 bits per heavy atom. The molecule has 2 N–H and O–H groups in total. The standard InChI is InChI=1S/C22H32N6O4S/c1-6-11-23-33(31,32)17-14-15(26(4)5)9-10-16(17)19-24-18-20(25-19)27(12-7-2)22(30)28(13-8-3)21(18)29/h9-10,14,23H,6-8,11-13H2,1-5H3,(H,24,25). The van der Waals surface area contributed by atoms with Gasteiger partial charge in [0.25, 0.3) is 5.56 Å². The van der Waals surface area contributed by atoms with Crippen molar-refractivity contribution in [3.05, 3.63) is 39.0 Å². The molecular formula is C22H32N6O4S. The van der Waals surface area contributed by atoms with E-state index in [-0.39, 0.29) is 21.9 Å². The minimum absolute atomic E-state index is 0.0551. The van der Waals surface area contributed by atoms with Crippen molar-refractivity contribution in [2.24, 2.45) is 0 Å². The largest absolute Gasteiger partial charge is 0.378 e. The molecule has 11 heteroatoms. The van der Waals surface area contributed by atoms with Crippen LogP contribution in [0.4, 0.5) is 5.69 Å². The zero-order chi connectivity index (χ0) is 24.3. The zero-order valence-electron chi connectivity index (χ0n) is 19.8. The highest BCUT2D eigenvalue weighted by atomic mass is 32.2. The Morgan fingerprint density at radius 2 is 1.70 bits per heavy atom. The van der Waals surface area contributed by atoms with E-state index in [1.807, 2.05) is 39.8 Å². The zero-order valence-corrected chi connectivity index (χ0v) is 20.6. The van der Waals surface area contributed by atoms with E-state index in [1.165, 1.54) is 9.13 Å². The number of aromatic nitrogens is 4. The fourth-order valence-electron chi connectivity index (χ4n) is 3.66. The molecule has 2 heterocycles. The number of anilines is 1. The number of hydrogen-bond acceptors (Lipinski definition) is 6. The van der Waals surface area contributed by atoms with Crippen molar-refractivity contribution in [3.63, 3.8) is 0 Å². The molecule has 33 heavy (non-hydrogen) atoms. The number of benzene rings is 1. The molecule has 0 bridgehead atoms. The summed E-state index contributed by atoms with van der Waals surface area (Å²) in [6.07, 6.45) is 1.96. The first-order valence-electron chi connectivity index (χ1n) is 11.2. The van der Waals surface area contributed by atoms with Crippen LogP contribution in [-0.2, 0) is 23.1 Å². The number of rotatable bonds is 10. The van der Waals surface area contributed by atoms with Crippen LogP contribution in [0.5, 0.6) is 0 Å². The second-order valence-electron chi connectivity index (χ2n) is 8.15. The number of hydrogen-bond donors (Lipinski definition) is 2. The van der Waals surface area contributed by atoms with E-state index in [0.29, 0.717) is 50.1 Å². The Hall–Kier alpha value is -2.92. The first-order valence-corrected chi connectivity index (χ1v) is 12.7. The van der Waals surface area contributed by atoms with Gasteiger partial charge in [-0.2, -0.15) is 0 Å². The fraction of sp³-hybridized carbons (Fsp3) is 0.500. The minimum atomic E-state index is -3.84. The lowest BCUT2D eigenvalue weighted by molar-refractivity contribution is 0.555. The van der Waals surface area contributed by atoms with Gasteiger partial charge in [-0.3, -0.25) is 13.9 Å². The summed E-state index contributed by atoms with van der Waals surface area (Å²) < 4.78 is 31.5. The van der Waals surface area contributed by atoms with Crippen LogP contribution in [0.2, 0.25) is 0 Å². The number of H-pyrrole nitrogens is 1. The Bertz CT molecular complexity index is 1370. The van der Waals surface area contributed by atoms with Crippen molar-refractivity contribution in [1.29, 1.82) is 0 Å². The molecule has 0 aliphatic rings. The molecule has 2 aromatic heterocycles. The molecular weight excluding hydrogens is 444 g/mol. The molecule has 3 rings (SSSR count). The lowest BCUT2D eigenvalue weighted by atomic mass is 10.2. The number of aryl methyl sites for hydroxylation is 1. The third-order valence-electron chi connectivity index (χ3n) is 5.32. The summed E-state index contributed by atoms with van der Waals surface area (Å²) in [4.78, 5) is 35.4. The molecule has 0 atom stereocenters. The molecule has 0 saturated carbocycles. The second-order valence-corrected chi connectivity index (χ2v) is 9.88. The molecule has 10 nitrogen and oxygen atoms in total. The van der Waals surface area contributed by atoms with Gasteiger partial charge in [0, 0.05) is 45.0 Å². The van der Waals surface area contributed by atoms with Gasteiger partial charge in [-0.05, 0) is 37.5 Å². The molecule has 0 unspecified atom stereocenters. The normalized spacial score (nSPS) is 11.9. The molecule has 0 spiro atoms. The van der Waals surface area contributed by atoms with Crippen molar-refractivity contribution in [2.45, 2.75) is 58.0 Å². The predicted molar refractivity (Wildman–Crippen MR) is 130 cm³/mol. The van der Waals surface area contributed by atoms with Crippen molar-refractivity contribution in [1.82, 2.24) is 23.8 Å². The van der Waals surface area contributed by atoms with Gasteiger partial charge in [-0.25, -0.2) is 22.9 Å². The maximum atomic E-state index is 13.1.